The molecule has 2 fully saturated rings. The topological polar surface area (TPSA) is 76.2 Å². The van der Waals surface area contributed by atoms with E-state index < -0.39 is 0 Å². The van der Waals surface area contributed by atoms with Gasteiger partial charge in [-0.1, -0.05) is 18.2 Å². The second-order valence-electron chi connectivity index (χ2n) is 7.86. The van der Waals surface area contributed by atoms with Gasteiger partial charge in [0.15, 0.2) is 11.5 Å². The van der Waals surface area contributed by atoms with Crippen LogP contribution in [0.3, 0.4) is 0 Å². The minimum atomic E-state index is -0.272. The third-order valence-corrected chi connectivity index (χ3v) is 6.41. The van der Waals surface area contributed by atoms with Crippen LogP contribution in [0.4, 0.5) is 0 Å². The molecule has 3 aliphatic rings. The molecule has 3 amide bonds. The number of likely N-dealkylation sites (tertiary alicyclic amines) is 1. The Morgan fingerprint density at radius 2 is 1.69 bits per heavy atom. The lowest BCUT2D eigenvalue weighted by molar-refractivity contribution is -0.147. The van der Waals surface area contributed by atoms with Crippen LogP contribution in [0.25, 0.3) is 0 Å². The van der Waals surface area contributed by atoms with E-state index in [4.69, 9.17) is 9.47 Å². The van der Waals surface area contributed by atoms with Gasteiger partial charge in [0.1, 0.15) is 6.54 Å². The Morgan fingerprint density at radius 1 is 1.07 bits per heavy atom. The highest BCUT2D eigenvalue weighted by Crippen LogP contribution is 2.52. The van der Waals surface area contributed by atoms with Crippen molar-refractivity contribution >= 4 is 17.7 Å². The Morgan fingerprint density at radius 3 is 2.24 bits per heavy atom. The van der Waals surface area contributed by atoms with Gasteiger partial charge in [0, 0.05) is 13.1 Å². The van der Waals surface area contributed by atoms with Crippen LogP contribution in [0.1, 0.15) is 18.9 Å². The lowest BCUT2D eigenvalue weighted by atomic mass is 9.85. The van der Waals surface area contributed by atoms with E-state index in [1.54, 1.807) is 25.2 Å². The summed E-state index contributed by atoms with van der Waals surface area (Å²) >= 11 is 0. The van der Waals surface area contributed by atoms with E-state index in [1.807, 2.05) is 19.1 Å². The summed E-state index contributed by atoms with van der Waals surface area (Å²) in [6.45, 7) is 2.53. The summed E-state index contributed by atoms with van der Waals surface area (Å²) in [5.41, 5.74) is 0.885. The molecule has 0 aromatic heterocycles. The molecule has 1 aliphatic heterocycles. The van der Waals surface area contributed by atoms with Crippen LogP contribution >= 0.6 is 0 Å². The van der Waals surface area contributed by atoms with Crippen molar-refractivity contribution in [2.75, 3.05) is 27.3 Å². The van der Waals surface area contributed by atoms with E-state index in [0.29, 0.717) is 24.6 Å². The van der Waals surface area contributed by atoms with Crippen molar-refractivity contribution in [2.45, 2.75) is 19.9 Å². The van der Waals surface area contributed by atoms with Gasteiger partial charge in [0.25, 0.3) is 0 Å². The normalized spacial score (nSPS) is 26.8. The molecule has 2 bridgehead atoms. The third kappa shape index (κ3) is 3.18. The Balaban J connectivity index is 1.45. The van der Waals surface area contributed by atoms with Gasteiger partial charge >= 0.3 is 0 Å². The zero-order valence-electron chi connectivity index (χ0n) is 17.0. The quantitative estimate of drug-likeness (QED) is 0.518. The number of benzene rings is 1. The number of carbonyl (C=O) groups excluding carboxylic acids is 3. The maximum atomic E-state index is 12.9. The summed E-state index contributed by atoms with van der Waals surface area (Å²) in [7, 11) is 3.13. The molecule has 7 nitrogen and oxygen atoms in total. The second kappa shape index (κ2) is 7.54. The van der Waals surface area contributed by atoms with Crippen LogP contribution in [-0.2, 0) is 20.9 Å². The first-order valence-electron chi connectivity index (χ1n) is 10.0. The number of likely N-dealkylation sites (N-methyl/N-ethyl adjacent to an activating group) is 1. The minimum Gasteiger partial charge on any atom is -0.493 e. The molecule has 1 saturated heterocycles. The smallest absolute Gasteiger partial charge is 0.243 e. The van der Waals surface area contributed by atoms with Crippen molar-refractivity contribution in [1.82, 2.24) is 9.80 Å². The first-order valence-corrected chi connectivity index (χ1v) is 10.0. The van der Waals surface area contributed by atoms with Crippen LogP contribution in [0.5, 0.6) is 11.5 Å². The lowest BCUT2D eigenvalue weighted by Crippen LogP contribution is -2.43. The molecule has 2 aliphatic carbocycles. The molecule has 29 heavy (non-hydrogen) atoms. The molecule has 154 valence electrons. The van der Waals surface area contributed by atoms with Crippen LogP contribution in [0, 0.1) is 23.7 Å². The summed E-state index contributed by atoms with van der Waals surface area (Å²) in [4.78, 5) is 41.4. The fraction of sp³-hybridized carbons (Fsp3) is 0.500. The minimum absolute atomic E-state index is 0.149. The standard InChI is InChI=1S/C22H26N2O5/c1-4-23(11-13-5-8-16(28-2)17(9-13)29-3)18(25)12-24-21(26)19-14-6-7-15(10-14)20(19)22(24)27/h5-9,14-15,19-20H,4,10-12H2,1-3H3. The van der Waals surface area contributed by atoms with Gasteiger partial charge in [-0.3, -0.25) is 19.3 Å². The van der Waals surface area contributed by atoms with Gasteiger partial charge in [0.05, 0.1) is 26.1 Å². The maximum absolute atomic E-state index is 12.9. The van der Waals surface area contributed by atoms with E-state index in [9.17, 15) is 14.4 Å². The monoisotopic (exact) mass is 398 g/mol. The van der Waals surface area contributed by atoms with Crippen LogP contribution in [0.2, 0.25) is 0 Å². The van der Waals surface area contributed by atoms with Crippen molar-refractivity contribution in [3.05, 3.63) is 35.9 Å². The summed E-state index contributed by atoms with van der Waals surface area (Å²) in [5.74, 6) is 0.357. The average Bonchev–Trinajstić information content (AvgIpc) is 3.41. The van der Waals surface area contributed by atoms with E-state index in [0.717, 1.165) is 12.0 Å². The molecule has 0 N–H and O–H groups in total. The Kier molecular flexibility index (Phi) is 5.06. The highest BCUT2D eigenvalue weighted by molar-refractivity contribution is 6.08. The number of nitrogens with zero attached hydrogens (tertiary/aromatic N) is 2. The largest absolute Gasteiger partial charge is 0.493 e. The number of rotatable bonds is 7. The van der Waals surface area contributed by atoms with Gasteiger partial charge in [-0.2, -0.15) is 0 Å². The molecule has 4 rings (SSSR count). The molecule has 7 heteroatoms. The van der Waals surface area contributed by atoms with E-state index in [2.05, 4.69) is 12.2 Å². The third-order valence-electron chi connectivity index (χ3n) is 6.41. The summed E-state index contributed by atoms with van der Waals surface area (Å²) in [5, 5.41) is 0. The number of hydrogen-bond donors (Lipinski definition) is 0. The number of hydrogen-bond acceptors (Lipinski definition) is 5. The van der Waals surface area contributed by atoms with Crippen molar-refractivity contribution in [1.29, 1.82) is 0 Å². The molecule has 0 radical (unpaired) electrons. The fourth-order valence-electron chi connectivity index (χ4n) is 4.93. The van der Waals surface area contributed by atoms with Crippen LogP contribution < -0.4 is 9.47 Å². The van der Waals surface area contributed by atoms with Gasteiger partial charge in [-0.25, -0.2) is 0 Å². The molecule has 4 unspecified atom stereocenters. The van der Waals surface area contributed by atoms with Crippen molar-refractivity contribution in [3.63, 3.8) is 0 Å². The first-order chi connectivity index (χ1) is 14.0. The van der Waals surface area contributed by atoms with Crippen LogP contribution in [-0.4, -0.2) is 54.8 Å². The average molecular weight is 398 g/mol. The van der Waals surface area contributed by atoms with Crippen molar-refractivity contribution in [2.24, 2.45) is 23.7 Å². The van der Waals surface area contributed by atoms with E-state index >= 15 is 0 Å². The number of allylic oxidation sites excluding steroid dienone is 2. The van der Waals surface area contributed by atoms with E-state index in [-0.39, 0.29) is 47.9 Å². The highest BCUT2D eigenvalue weighted by atomic mass is 16.5. The van der Waals surface area contributed by atoms with Gasteiger partial charge < -0.3 is 14.4 Å². The molecular weight excluding hydrogens is 372 g/mol. The first kappa shape index (κ1) is 19.5. The SMILES string of the molecule is CCN(Cc1ccc(OC)c(OC)c1)C(=O)CN1C(=O)C2C3C=CC(C3)C2C1=O. The molecule has 1 aromatic rings. The summed E-state index contributed by atoms with van der Waals surface area (Å²) < 4.78 is 10.6. The fourth-order valence-corrected chi connectivity index (χ4v) is 4.93. The zero-order valence-corrected chi connectivity index (χ0v) is 17.0. The zero-order chi connectivity index (χ0) is 20.7. The van der Waals surface area contributed by atoms with Crippen molar-refractivity contribution in [3.8, 4) is 11.5 Å². The Labute approximate surface area is 170 Å². The number of amides is 3. The van der Waals surface area contributed by atoms with Gasteiger partial charge in [-0.15, -0.1) is 0 Å². The molecule has 1 aromatic carbocycles. The molecule has 0 spiro atoms. The predicted molar refractivity (Wildman–Crippen MR) is 105 cm³/mol. The van der Waals surface area contributed by atoms with E-state index in [1.165, 1.54) is 4.90 Å². The Hall–Kier alpha value is -2.83. The van der Waals surface area contributed by atoms with Gasteiger partial charge in [0.2, 0.25) is 17.7 Å². The molecule has 1 heterocycles. The number of methoxy groups -OCH3 is 2. The second-order valence-corrected chi connectivity index (χ2v) is 7.86. The molecular formula is C22H26N2O5. The summed E-state index contributed by atoms with van der Waals surface area (Å²) in [6.07, 6.45) is 4.99. The number of ether oxygens (including phenoxy) is 2. The number of fused-ring (bicyclic) bond motifs is 5. The Bertz CT molecular complexity index is 850. The number of carbonyl (C=O) groups is 3. The van der Waals surface area contributed by atoms with Crippen LogP contribution in [0.15, 0.2) is 30.4 Å². The summed E-state index contributed by atoms with van der Waals surface area (Å²) in [6, 6.07) is 5.50. The predicted octanol–water partition coefficient (Wildman–Crippen LogP) is 1.86. The van der Waals surface area contributed by atoms with Gasteiger partial charge in [-0.05, 0) is 42.9 Å². The maximum Gasteiger partial charge on any atom is 0.243 e. The highest BCUT2D eigenvalue weighted by Gasteiger charge is 2.59. The van der Waals surface area contributed by atoms with Crippen molar-refractivity contribution < 1.29 is 23.9 Å². The lowest BCUT2D eigenvalue weighted by Gasteiger charge is -2.24. The number of imide groups is 1. The molecule has 1 saturated carbocycles. The molecule has 4 atom stereocenters.